The highest BCUT2D eigenvalue weighted by atomic mass is 32.2. The third-order valence-corrected chi connectivity index (χ3v) is 5.87. The van der Waals surface area contributed by atoms with Gasteiger partial charge in [0.2, 0.25) is 11.3 Å². The highest BCUT2D eigenvalue weighted by Gasteiger charge is 2.24. The van der Waals surface area contributed by atoms with Crippen molar-refractivity contribution < 1.29 is 13.2 Å². The number of fused-ring (bicyclic) bond motifs is 3. The Bertz CT molecular complexity index is 1250. The first-order valence-corrected chi connectivity index (χ1v) is 11.0. The molecule has 2 atom stereocenters. The lowest BCUT2D eigenvalue weighted by atomic mass is 9.90. The zero-order chi connectivity index (χ0) is 22.1. The van der Waals surface area contributed by atoms with Crippen LogP contribution in [0.4, 0.5) is 4.39 Å². The summed E-state index contributed by atoms with van der Waals surface area (Å²) in [6.45, 7) is 2.28. The molecule has 0 bridgehead atoms. The van der Waals surface area contributed by atoms with Crippen molar-refractivity contribution in [1.29, 1.82) is 0 Å². The molecule has 1 aromatic heterocycles. The fourth-order valence-electron chi connectivity index (χ4n) is 3.84. The molecule has 31 heavy (non-hydrogen) atoms. The number of rotatable bonds is 5. The minimum Gasteiger partial charge on any atom is -0.318 e. The van der Waals surface area contributed by atoms with E-state index in [1.807, 2.05) is 31.3 Å². The predicted octanol–water partition coefficient (Wildman–Crippen LogP) is 3.37. The van der Waals surface area contributed by atoms with E-state index in [-0.39, 0.29) is 17.4 Å². The monoisotopic (exact) mass is 439 g/mol. The summed E-state index contributed by atoms with van der Waals surface area (Å²) in [5.41, 5.74) is 5.93. The van der Waals surface area contributed by atoms with Gasteiger partial charge in [-0.2, -0.15) is 0 Å². The van der Waals surface area contributed by atoms with Crippen LogP contribution in [0.15, 0.2) is 64.5 Å². The summed E-state index contributed by atoms with van der Waals surface area (Å²) >= 11 is -2.06. The normalized spacial score (nSPS) is 16.1. The van der Waals surface area contributed by atoms with Crippen molar-refractivity contribution in [1.82, 2.24) is 9.29 Å². The number of nitrogens with one attached hydrogen (secondary N) is 1. The quantitative estimate of drug-likeness (QED) is 0.598. The van der Waals surface area contributed by atoms with Gasteiger partial charge in [0.15, 0.2) is 0 Å². The van der Waals surface area contributed by atoms with E-state index in [0.717, 1.165) is 39.1 Å². The van der Waals surface area contributed by atoms with Gasteiger partial charge < -0.3 is 4.57 Å². The van der Waals surface area contributed by atoms with Gasteiger partial charge in [-0.15, -0.1) is 0 Å². The van der Waals surface area contributed by atoms with Gasteiger partial charge in [0, 0.05) is 42.5 Å². The Balaban J connectivity index is 1.90. The average Bonchev–Trinajstić information content (AvgIpc) is 2.84. The zero-order valence-electron chi connectivity index (χ0n) is 17.1. The van der Waals surface area contributed by atoms with Crippen molar-refractivity contribution in [2.24, 2.45) is 12.0 Å². The molecule has 1 aliphatic rings. The molecule has 0 saturated heterocycles. The van der Waals surface area contributed by atoms with Crippen LogP contribution in [0.3, 0.4) is 0 Å². The number of nitrogens with zero attached hydrogens (tertiary/aromatic N) is 2. The Kier molecular flexibility index (Phi) is 5.95. The average molecular weight is 440 g/mol. The third-order valence-electron chi connectivity index (χ3n) is 5.42. The summed E-state index contributed by atoms with van der Waals surface area (Å²) in [5, 5.41) is 0. The minimum atomic E-state index is -2.06. The summed E-state index contributed by atoms with van der Waals surface area (Å²) < 4.78 is 37.4. The Hall–Kier alpha value is -2.94. The first kappa shape index (κ1) is 21.3. The number of aliphatic imine (C=N–C) groups is 1. The fourth-order valence-corrected chi connectivity index (χ4v) is 4.12. The maximum atomic E-state index is 13.5. The van der Waals surface area contributed by atoms with Gasteiger partial charge in [0.25, 0.3) is 5.56 Å². The van der Waals surface area contributed by atoms with Gasteiger partial charge >= 0.3 is 0 Å². The maximum absolute atomic E-state index is 13.5. The smallest absolute Gasteiger partial charge is 0.250 e. The largest absolute Gasteiger partial charge is 0.318 e. The molecule has 160 valence electrons. The van der Waals surface area contributed by atoms with Gasteiger partial charge in [-0.1, -0.05) is 18.2 Å². The Morgan fingerprint density at radius 1 is 1.13 bits per heavy atom. The molecule has 0 spiro atoms. The number of aryl methyl sites for hydroxylation is 1. The summed E-state index contributed by atoms with van der Waals surface area (Å²) in [4.78, 5) is 17.2. The highest BCUT2D eigenvalue weighted by molar-refractivity contribution is 7.77. The number of aromatic nitrogens is 1. The van der Waals surface area contributed by atoms with Crippen LogP contribution in [-0.2, 0) is 24.7 Å². The second-order valence-corrected chi connectivity index (χ2v) is 8.31. The molecule has 4 rings (SSSR count). The van der Waals surface area contributed by atoms with Gasteiger partial charge in [0.1, 0.15) is 5.82 Å². The van der Waals surface area contributed by atoms with E-state index in [1.54, 1.807) is 29.8 Å². The number of hydrogen-bond donors (Lipinski definition) is 2. The van der Waals surface area contributed by atoms with E-state index >= 15 is 0 Å². The summed E-state index contributed by atoms with van der Waals surface area (Å²) in [6.07, 6.45) is 2.38. The molecular weight excluding hydrogens is 417 g/mol. The highest BCUT2D eigenvalue weighted by Crippen LogP contribution is 2.37. The van der Waals surface area contributed by atoms with E-state index in [9.17, 15) is 13.4 Å². The molecule has 6 nitrogen and oxygen atoms in total. The van der Waals surface area contributed by atoms with Crippen LogP contribution in [0.1, 0.15) is 35.2 Å². The second-order valence-electron chi connectivity index (χ2n) is 7.53. The molecule has 3 aromatic rings. The second kappa shape index (κ2) is 8.66. The molecule has 2 heterocycles. The molecule has 0 saturated carbocycles. The van der Waals surface area contributed by atoms with Crippen molar-refractivity contribution in [3.05, 3.63) is 93.2 Å². The molecule has 1 aliphatic heterocycles. The molecule has 0 radical (unpaired) electrons. The van der Waals surface area contributed by atoms with Crippen molar-refractivity contribution >= 4 is 17.0 Å². The predicted molar refractivity (Wildman–Crippen MR) is 120 cm³/mol. The van der Waals surface area contributed by atoms with Gasteiger partial charge in [-0.25, -0.2) is 13.3 Å². The van der Waals surface area contributed by atoms with E-state index in [2.05, 4.69) is 4.72 Å². The topological polar surface area (TPSA) is 83.7 Å². The Morgan fingerprint density at radius 2 is 1.87 bits per heavy atom. The first-order chi connectivity index (χ1) is 14.8. The van der Waals surface area contributed by atoms with Crippen molar-refractivity contribution in [2.45, 2.75) is 19.4 Å². The number of halogens is 1. The lowest BCUT2D eigenvalue weighted by molar-refractivity contribution is 0.549. The standard InChI is InChI=1S/C23H22FN3O3S/c1-14-19-12-22(28)27(2)13-21(19)20-11-15(9-10-25-31(29)30)3-8-18(20)23(26-14)16-4-6-17(24)7-5-16/h3-8,11-14,25H,9-10H2,1-2H3,(H,29,30)/t14-/m0/s1. The number of hydrogen-bond acceptors (Lipinski definition) is 3. The molecule has 0 amide bonds. The van der Waals surface area contributed by atoms with E-state index in [4.69, 9.17) is 9.55 Å². The van der Waals surface area contributed by atoms with Crippen LogP contribution < -0.4 is 10.3 Å². The summed E-state index contributed by atoms with van der Waals surface area (Å²) in [5.74, 6) is -0.318. The molecule has 0 aliphatic carbocycles. The van der Waals surface area contributed by atoms with E-state index < -0.39 is 11.3 Å². The van der Waals surface area contributed by atoms with Gasteiger partial charge in [-0.3, -0.25) is 14.3 Å². The van der Waals surface area contributed by atoms with Crippen LogP contribution in [0, 0.1) is 5.82 Å². The molecular formula is C23H22FN3O3S. The van der Waals surface area contributed by atoms with Crippen LogP contribution in [0.5, 0.6) is 0 Å². The van der Waals surface area contributed by atoms with Crippen molar-refractivity contribution in [2.75, 3.05) is 6.54 Å². The lowest BCUT2D eigenvalue weighted by Gasteiger charge is -2.15. The van der Waals surface area contributed by atoms with E-state index in [1.165, 1.54) is 12.1 Å². The van der Waals surface area contributed by atoms with Gasteiger partial charge in [0.05, 0.1) is 11.8 Å². The fraction of sp³-hybridized carbons (Fsp3) is 0.217. The lowest BCUT2D eigenvalue weighted by Crippen LogP contribution is -2.19. The van der Waals surface area contributed by atoms with Crippen molar-refractivity contribution in [3.63, 3.8) is 0 Å². The molecule has 8 heteroatoms. The first-order valence-electron chi connectivity index (χ1n) is 9.86. The van der Waals surface area contributed by atoms with Gasteiger partial charge in [-0.05, 0) is 54.3 Å². The van der Waals surface area contributed by atoms with Crippen molar-refractivity contribution in [3.8, 4) is 11.1 Å². The van der Waals surface area contributed by atoms with Crippen LogP contribution in [-0.4, -0.2) is 25.6 Å². The zero-order valence-corrected chi connectivity index (χ0v) is 17.9. The molecule has 0 fully saturated rings. The van der Waals surface area contributed by atoms with E-state index in [0.29, 0.717) is 13.0 Å². The summed E-state index contributed by atoms with van der Waals surface area (Å²) in [7, 11) is 1.71. The van der Waals surface area contributed by atoms with Crippen LogP contribution in [0.25, 0.3) is 11.1 Å². The van der Waals surface area contributed by atoms with Crippen LogP contribution in [0.2, 0.25) is 0 Å². The number of pyridine rings is 1. The molecule has 2 N–H and O–H groups in total. The Morgan fingerprint density at radius 3 is 2.58 bits per heavy atom. The molecule has 2 aromatic carbocycles. The third kappa shape index (κ3) is 4.41. The maximum Gasteiger partial charge on any atom is 0.250 e. The van der Waals surface area contributed by atoms with Crippen LogP contribution >= 0.6 is 0 Å². The molecule has 1 unspecified atom stereocenters. The number of benzene rings is 2. The SMILES string of the molecule is C[C@@H]1N=C(c2ccc(F)cc2)c2ccc(CCNS(=O)O)cc2-c2cn(C)c(=O)cc21. The minimum absolute atomic E-state index is 0.113. The summed E-state index contributed by atoms with van der Waals surface area (Å²) in [6, 6.07) is 13.5. The Labute approximate surface area is 181 Å².